The van der Waals surface area contributed by atoms with E-state index in [4.69, 9.17) is 4.98 Å². The van der Waals surface area contributed by atoms with Crippen molar-refractivity contribution in [1.29, 1.82) is 0 Å². The van der Waals surface area contributed by atoms with Crippen LogP contribution in [-0.4, -0.2) is 27.4 Å². The Hall–Kier alpha value is -2.13. The van der Waals surface area contributed by atoms with Gasteiger partial charge in [0.25, 0.3) is 0 Å². The van der Waals surface area contributed by atoms with E-state index < -0.39 is 0 Å². The van der Waals surface area contributed by atoms with E-state index in [1.807, 2.05) is 0 Å². The van der Waals surface area contributed by atoms with E-state index in [1.165, 1.54) is 37.2 Å². The topological polar surface area (TPSA) is 20.5 Å². The number of pyridine rings is 1. The van der Waals surface area contributed by atoms with Gasteiger partial charge in [0.2, 0.25) is 0 Å². The lowest BCUT2D eigenvalue weighted by molar-refractivity contribution is 0.183. The summed E-state index contributed by atoms with van der Waals surface area (Å²) in [6.45, 7) is 5.72. The van der Waals surface area contributed by atoms with Gasteiger partial charge in [0, 0.05) is 18.3 Å². The van der Waals surface area contributed by atoms with E-state index in [-0.39, 0.29) is 0 Å². The summed E-state index contributed by atoms with van der Waals surface area (Å²) in [6, 6.07) is 16.8. The van der Waals surface area contributed by atoms with Crippen LogP contribution in [0.3, 0.4) is 0 Å². The van der Waals surface area contributed by atoms with Gasteiger partial charge in [-0.3, -0.25) is 4.90 Å². The first-order chi connectivity index (χ1) is 11.3. The molecule has 0 amide bonds. The molecule has 3 aromatic rings. The third-order valence-corrected chi connectivity index (χ3v) is 4.93. The van der Waals surface area contributed by atoms with Gasteiger partial charge in [0.15, 0.2) is 0 Å². The zero-order chi connectivity index (χ0) is 15.6. The van der Waals surface area contributed by atoms with E-state index in [9.17, 15) is 0 Å². The van der Waals surface area contributed by atoms with Crippen molar-refractivity contribution in [1.82, 2.24) is 14.3 Å². The van der Waals surface area contributed by atoms with Gasteiger partial charge in [-0.25, -0.2) is 4.98 Å². The first-order valence-electron chi connectivity index (χ1n) is 8.55. The van der Waals surface area contributed by atoms with Crippen molar-refractivity contribution >= 4 is 5.65 Å². The second-order valence-corrected chi connectivity index (χ2v) is 6.66. The van der Waals surface area contributed by atoms with Crippen molar-refractivity contribution in [3.8, 4) is 11.3 Å². The standard InChI is InChI=1S/C20H23N3/c1-16-10-13-22(14-11-16)15-18-20(17-7-3-2-4-8-17)21-19-9-5-6-12-23(18)19/h2-9,12,16H,10-11,13-15H2,1H3. The molecule has 1 saturated heterocycles. The van der Waals surface area contributed by atoms with Crippen LogP contribution in [0, 0.1) is 5.92 Å². The minimum atomic E-state index is 0.863. The van der Waals surface area contributed by atoms with Gasteiger partial charge < -0.3 is 4.40 Å². The van der Waals surface area contributed by atoms with E-state index in [2.05, 4.69) is 71.0 Å². The van der Waals surface area contributed by atoms with Gasteiger partial charge in [0.05, 0.1) is 11.4 Å². The number of piperidine rings is 1. The minimum absolute atomic E-state index is 0.863. The summed E-state index contributed by atoms with van der Waals surface area (Å²) < 4.78 is 2.25. The van der Waals surface area contributed by atoms with Crippen LogP contribution in [0.4, 0.5) is 0 Å². The van der Waals surface area contributed by atoms with Gasteiger partial charge >= 0.3 is 0 Å². The molecule has 3 nitrogen and oxygen atoms in total. The molecule has 23 heavy (non-hydrogen) atoms. The highest BCUT2D eigenvalue weighted by molar-refractivity contribution is 5.66. The van der Waals surface area contributed by atoms with Crippen LogP contribution in [0.1, 0.15) is 25.5 Å². The second kappa shape index (κ2) is 6.17. The molecule has 1 aromatic carbocycles. The molecule has 2 aromatic heterocycles. The summed E-state index contributed by atoms with van der Waals surface area (Å²) >= 11 is 0. The Morgan fingerprint density at radius 3 is 2.52 bits per heavy atom. The van der Waals surface area contributed by atoms with Crippen LogP contribution in [0.25, 0.3) is 16.9 Å². The molecule has 0 saturated carbocycles. The van der Waals surface area contributed by atoms with Crippen molar-refractivity contribution in [2.75, 3.05) is 13.1 Å². The summed E-state index contributed by atoms with van der Waals surface area (Å²) in [5, 5.41) is 0. The number of hydrogen-bond acceptors (Lipinski definition) is 2. The zero-order valence-electron chi connectivity index (χ0n) is 13.7. The Morgan fingerprint density at radius 2 is 1.74 bits per heavy atom. The van der Waals surface area contributed by atoms with Gasteiger partial charge in [-0.05, 0) is 44.0 Å². The van der Waals surface area contributed by atoms with Crippen molar-refractivity contribution < 1.29 is 0 Å². The summed E-state index contributed by atoms with van der Waals surface area (Å²) in [4.78, 5) is 7.47. The number of imidazole rings is 1. The Labute approximate surface area is 137 Å². The van der Waals surface area contributed by atoms with Gasteiger partial charge in [-0.2, -0.15) is 0 Å². The SMILES string of the molecule is CC1CCN(Cc2c(-c3ccccc3)nc3ccccn23)CC1. The molecule has 0 radical (unpaired) electrons. The Bertz CT molecular complexity index is 783. The number of rotatable bonds is 3. The summed E-state index contributed by atoms with van der Waals surface area (Å²) in [7, 11) is 0. The maximum Gasteiger partial charge on any atom is 0.137 e. The maximum absolute atomic E-state index is 4.90. The van der Waals surface area contributed by atoms with Gasteiger partial charge in [-0.15, -0.1) is 0 Å². The van der Waals surface area contributed by atoms with Crippen LogP contribution in [0.15, 0.2) is 54.7 Å². The monoisotopic (exact) mass is 305 g/mol. The third kappa shape index (κ3) is 2.89. The molecule has 0 unspecified atom stereocenters. The lowest BCUT2D eigenvalue weighted by Gasteiger charge is -2.30. The minimum Gasteiger partial charge on any atom is -0.302 e. The molecular formula is C20H23N3. The lowest BCUT2D eigenvalue weighted by atomic mass is 9.99. The van der Waals surface area contributed by atoms with E-state index in [0.717, 1.165) is 23.8 Å². The molecular weight excluding hydrogens is 282 g/mol. The highest BCUT2D eigenvalue weighted by atomic mass is 15.2. The smallest absolute Gasteiger partial charge is 0.137 e. The van der Waals surface area contributed by atoms with Crippen molar-refractivity contribution in [3.63, 3.8) is 0 Å². The first-order valence-corrected chi connectivity index (χ1v) is 8.55. The number of hydrogen-bond donors (Lipinski definition) is 0. The predicted octanol–water partition coefficient (Wildman–Crippen LogP) is 4.23. The Balaban J connectivity index is 1.74. The van der Waals surface area contributed by atoms with Crippen molar-refractivity contribution in [3.05, 3.63) is 60.4 Å². The average molecular weight is 305 g/mol. The van der Waals surface area contributed by atoms with Crippen LogP contribution < -0.4 is 0 Å². The van der Waals surface area contributed by atoms with Crippen LogP contribution in [0.5, 0.6) is 0 Å². The van der Waals surface area contributed by atoms with Crippen molar-refractivity contribution in [2.24, 2.45) is 5.92 Å². The molecule has 118 valence electrons. The molecule has 0 bridgehead atoms. The number of benzene rings is 1. The molecule has 0 spiro atoms. The van der Waals surface area contributed by atoms with Gasteiger partial charge in [0.1, 0.15) is 5.65 Å². The third-order valence-electron chi connectivity index (χ3n) is 4.93. The van der Waals surface area contributed by atoms with Crippen LogP contribution in [0.2, 0.25) is 0 Å². The van der Waals surface area contributed by atoms with Crippen molar-refractivity contribution in [2.45, 2.75) is 26.3 Å². The lowest BCUT2D eigenvalue weighted by Crippen LogP contribution is -2.32. The van der Waals surface area contributed by atoms with Crippen LogP contribution in [-0.2, 0) is 6.54 Å². The van der Waals surface area contributed by atoms with E-state index in [0.29, 0.717) is 0 Å². The number of aromatic nitrogens is 2. The molecule has 3 heterocycles. The molecule has 0 aliphatic carbocycles. The Kier molecular flexibility index (Phi) is 3.88. The summed E-state index contributed by atoms with van der Waals surface area (Å²) in [5.41, 5.74) is 4.67. The van der Waals surface area contributed by atoms with E-state index >= 15 is 0 Å². The number of nitrogens with zero attached hydrogens (tertiary/aromatic N) is 3. The summed E-state index contributed by atoms with van der Waals surface area (Å²) in [5.74, 6) is 0.863. The quantitative estimate of drug-likeness (QED) is 0.721. The maximum atomic E-state index is 4.90. The molecule has 1 aliphatic heterocycles. The van der Waals surface area contributed by atoms with E-state index in [1.54, 1.807) is 0 Å². The molecule has 0 atom stereocenters. The highest BCUT2D eigenvalue weighted by Gasteiger charge is 2.20. The first kappa shape index (κ1) is 14.5. The normalized spacial score (nSPS) is 16.9. The largest absolute Gasteiger partial charge is 0.302 e. The molecule has 1 aliphatic rings. The fraction of sp³-hybridized carbons (Fsp3) is 0.350. The van der Waals surface area contributed by atoms with Gasteiger partial charge in [-0.1, -0.05) is 43.3 Å². The molecule has 4 rings (SSSR count). The molecule has 1 fully saturated rings. The number of likely N-dealkylation sites (tertiary alicyclic amines) is 1. The zero-order valence-corrected chi connectivity index (χ0v) is 13.7. The highest BCUT2D eigenvalue weighted by Crippen LogP contribution is 2.27. The second-order valence-electron chi connectivity index (χ2n) is 6.66. The molecule has 3 heteroatoms. The predicted molar refractivity (Wildman–Crippen MR) is 94.3 cm³/mol. The summed E-state index contributed by atoms with van der Waals surface area (Å²) in [6.07, 6.45) is 4.74. The molecule has 0 N–H and O–H groups in total. The Morgan fingerprint density at radius 1 is 1.00 bits per heavy atom. The fourth-order valence-electron chi connectivity index (χ4n) is 3.46. The fourth-order valence-corrected chi connectivity index (χ4v) is 3.46. The van der Waals surface area contributed by atoms with Crippen LogP contribution >= 0.6 is 0 Å². The average Bonchev–Trinajstić information content (AvgIpc) is 2.96. The number of fused-ring (bicyclic) bond motifs is 1.